The number of rotatable bonds is 2. The third-order valence-corrected chi connectivity index (χ3v) is 3.13. The van der Waals surface area contributed by atoms with Crippen LogP contribution in [0.1, 0.15) is 24.5 Å². The van der Waals surface area contributed by atoms with Crippen LogP contribution in [0.15, 0.2) is 35.9 Å². The number of nitrogens with zero attached hydrogens (tertiary/aromatic N) is 2. The minimum absolute atomic E-state index is 0.759. The normalized spacial score (nSPS) is 14.0. The second-order valence-corrected chi connectivity index (χ2v) is 4.50. The van der Waals surface area contributed by atoms with Crippen molar-refractivity contribution in [3.05, 3.63) is 47.1 Å². The van der Waals surface area contributed by atoms with Crippen LogP contribution >= 0.6 is 0 Å². The quantitative estimate of drug-likeness (QED) is 0.770. The lowest BCUT2D eigenvalue weighted by Gasteiger charge is -2.15. The molecule has 1 aromatic rings. The van der Waals surface area contributed by atoms with Gasteiger partial charge in [0, 0.05) is 19.8 Å². The van der Waals surface area contributed by atoms with Crippen molar-refractivity contribution in [1.82, 2.24) is 0 Å². The highest BCUT2D eigenvalue weighted by atomic mass is 15.1. The average molecular weight is 224 g/mol. The summed E-state index contributed by atoms with van der Waals surface area (Å²) in [5.41, 5.74) is 5.43. The zero-order valence-corrected chi connectivity index (χ0v) is 10.5. The molecular weight excluding hydrogens is 208 g/mol. The summed E-state index contributed by atoms with van der Waals surface area (Å²) in [5.74, 6) is 0. The Kier molecular flexibility index (Phi) is 3.01. The van der Waals surface area contributed by atoms with Crippen molar-refractivity contribution < 1.29 is 0 Å². The molecule has 17 heavy (non-hydrogen) atoms. The fourth-order valence-electron chi connectivity index (χ4n) is 2.10. The maximum absolute atomic E-state index is 9.26. The molecular formula is C15H16N2. The first-order chi connectivity index (χ1) is 8.13. The summed E-state index contributed by atoms with van der Waals surface area (Å²) in [4.78, 5) is 2.01. The summed E-state index contributed by atoms with van der Waals surface area (Å²) in [6.07, 6.45) is 5.20. The molecule has 0 N–H and O–H groups in total. The van der Waals surface area contributed by atoms with Gasteiger partial charge in [0.05, 0.1) is 11.6 Å². The van der Waals surface area contributed by atoms with E-state index in [9.17, 15) is 5.26 Å². The SMILES string of the molecule is CC1=C(c2ccc(N(C)C)cc2C#N)CC=C1. The molecule has 1 aliphatic carbocycles. The van der Waals surface area contributed by atoms with Crippen molar-refractivity contribution in [3.8, 4) is 6.07 Å². The van der Waals surface area contributed by atoms with E-state index in [1.807, 2.05) is 25.1 Å². The molecule has 0 aliphatic heterocycles. The predicted molar refractivity (Wildman–Crippen MR) is 71.8 cm³/mol. The van der Waals surface area contributed by atoms with E-state index in [1.54, 1.807) is 0 Å². The Balaban J connectivity index is 2.50. The molecule has 2 nitrogen and oxygen atoms in total. The number of allylic oxidation sites excluding steroid dienone is 4. The monoisotopic (exact) mass is 224 g/mol. The van der Waals surface area contributed by atoms with E-state index in [2.05, 4.69) is 37.3 Å². The lowest BCUT2D eigenvalue weighted by atomic mass is 9.96. The van der Waals surface area contributed by atoms with Gasteiger partial charge in [0.25, 0.3) is 0 Å². The lowest BCUT2D eigenvalue weighted by Crippen LogP contribution is -2.09. The van der Waals surface area contributed by atoms with Gasteiger partial charge in [-0.05, 0) is 42.2 Å². The maximum Gasteiger partial charge on any atom is 0.0998 e. The zero-order chi connectivity index (χ0) is 12.4. The van der Waals surface area contributed by atoms with Crippen LogP contribution in [0.4, 0.5) is 5.69 Å². The van der Waals surface area contributed by atoms with Gasteiger partial charge in [-0.3, -0.25) is 0 Å². The van der Waals surface area contributed by atoms with Crippen molar-refractivity contribution in [2.75, 3.05) is 19.0 Å². The fourth-order valence-corrected chi connectivity index (χ4v) is 2.10. The minimum atomic E-state index is 0.759. The highest BCUT2D eigenvalue weighted by molar-refractivity contribution is 5.79. The summed E-state index contributed by atoms with van der Waals surface area (Å²) in [6.45, 7) is 2.10. The number of hydrogen-bond acceptors (Lipinski definition) is 2. The van der Waals surface area contributed by atoms with Crippen LogP contribution in [0.3, 0.4) is 0 Å². The van der Waals surface area contributed by atoms with Crippen LogP contribution in [0.2, 0.25) is 0 Å². The molecule has 0 saturated carbocycles. The maximum atomic E-state index is 9.26. The molecule has 0 radical (unpaired) electrons. The molecule has 86 valence electrons. The molecule has 0 bridgehead atoms. The smallest absolute Gasteiger partial charge is 0.0998 e. The second kappa shape index (κ2) is 4.47. The Morgan fingerprint density at radius 3 is 2.59 bits per heavy atom. The molecule has 0 atom stereocenters. The highest BCUT2D eigenvalue weighted by Crippen LogP contribution is 2.32. The van der Waals surface area contributed by atoms with Gasteiger partial charge in [-0.2, -0.15) is 5.26 Å². The van der Waals surface area contributed by atoms with Gasteiger partial charge in [0.2, 0.25) is 0 Å². The van der Waals surface area contributed by atoms with Crippen LogP contribution in [0, 0.1) is 11.3 Å². The fraction of sp³-hybridized carbons (Fsp3) is 0.267. The van der Waals surface area contributed by atoms with Crippen molar-refractivity contribution in [1.29, 1.82) is 5.26 Å². The van der Waals surface area contributed by atoms with E-state index in [4.69, 9.17) is 0 Å². The number of benzene rings is 1. The van der Waals surface area contributed by atoms with Gasteiger partial charge in [0.1, 0.15) is 0 Å². The van der Waals surface area contributed by atoms with E-state index < -0.39 is 0 Å². The average Bonchev–Trinajstić information content (AvgIpc) is 2.74. The molecule has 0 amide bonds. The van der Waals surface area contributed by atoms with Gasteiger partial charge in [-0.15, -0.1) is 0 Å². The van der Waals surface area contributed by atoms with Gasteiger partial charge >= 0.3 is 0 Å². The van der Waals surface area contributed by atoms with Gasteiger partial charge in [-0.1, -0.05) is 18.2 Å². The molecule has 1 aliphatic rings. The Morgan fingerprint density at radius 1 is 1.29 bits per heavy atom. The highest BCUT2D eigenvalue weighted by Gasteiger charge is 2.13. The first-order valence-corrected chi connectivity index (χ1v) is 5.71. The van der Waals surface area contributed by atoms with Crippen LogP contribution < -0.4 is 4.90 Å². The molecule has 1 aromatic carbocycles. The zero-order valence-electron chi connectivity index (χ0n) is 10.5. The standard InChI is InChI=1S/C15H16N2/c1-11-5-4-6-14(11)15-8-7-13(17(2)3)9-12(15)10-16/h4-5,7-9H,6H2,1-3H3. The summed E-state index contributed by atoms with van der Waals surface area (Å²) in [5, 5.41) is 9.26. The first-order valence-electron chi connectivity index (χ1n) is 5.71. The Hall–Kier alpha value is -2.01. The van der Waals surface area contributed by atoms with E-state index >= 15 is 0 Å². The topological polar surface area (TPSA) is 27.0 Å². The summed E-state index contributed by atoms with van der Waals surface area (Å²) < 4.78 is 0. The lowest BCUT2D eigenvalue weighted by molar-refractivity contribution is 1.13. The van der Waals surface area contributed by atoms with Crippen molar-refractivity contribution in [3.63, 3.8) is 0 Å². The van der Waals surface area contributed by atoms with Gasteiger partial charge in [0.15, 0.2) is 0 Å². The number of nitriles is 1. The van der Waals surface area contributed by atoms with Crippen LogP contribution in [-0.4, -0.2) is 14.1 Å². The molecule has 0 spiro atoms. The summed E-state index contributed by atoms with van der Waals surface area (Å²) in [7, 11) is 3.97. The molecule has 0 heterocycles. The third-order valence-electron chi connectivity index (χ3n) is 3.13. The van der Waals surface area contributed by atoms with E-state index in [-0.39, 0.29) is 0 Å². The first kappa shape index (κ1) is 11.5. The van der Waals surface area contributed by atoms with E-state index in [0.717, 1.165) is 23.2 Å². The molecule has 0 aromatic heterocycles. The Morgan fingerprint density at radius 2 is 2.06 bits per heavy atom. The van der Waals surface area contributed by atoms with Crippen molar-refractivity contribution in [2.45, 2.75) is 13.3 Å². The predicted octanol–water partition coefficient (Wildman–Crippen LogP) is 3.36. The Bertz CT molecular complexity index is 543. The van der Waals surface area contributed by atoms with E-state index in [0.29, 0.717) is 0 Å². The summed E-state index contributed by atoms with van der Waals surface area (Å²) in [6, 6.07) is 8.37. The van der Waals surface area contributed by atoms with Crippen LogP contribution in [0.25, 0.3) is 5.57 Å². The van der Waals surface area contributed by atoms with Gasteiger partial charge in [-0.25, -0.2) is 0 Å². The largest absolute Gasteiger partial charge is 0.378 e. The molecule has 2 rings (SSSR count). The Labute approximate surface area is 102 Å². The van der Waals surface area contributed by atoms with Crippen molar-refractivity contribution >= 4 is 11.3 Å². The summed E-state index contributed by atoms with van der Waals surface area (Å²) >= 11 is 0. The number of anilines is 1. The second-order valence-electron chi connectivity index (χ2n) is 4.50. The molecule has 2 heteroatoms. The van der Waals surface area contributed by atoms with Crippen molar-refractivity contribution in [2.24, 2.45) is 0 Å². The minimum Gasteiger partial charge on any atom is -0.378 e. The molecule has 0 fully saturated rings. The van der Waals surface area contributed by atoms with Crippen LogP contribution in [-0.2, 0) is 0 Å². The van der Waals surface area contributed by atoms with Gasteiger partial charge < -0.3 is 4.90 Å². The van der Waals surface area contributed by atoms with E-state index in [1.165, 1.54) is 11.1 Å². The third kappa shape index (κ3) is 2.09. The number of hydrogen-bond donors (Lipinski definition) is 0. The van der Waals surface area contributed by atoms with Crippen LogP contribution in [0.5, 0.6) is 0 Å². The molecule has 0 saturated heterocycles. The molecule has 0 unspecified atom stereocenters.